The highest BCUT2D eigenvalue weighted by Crippen LogP contribution is 2.24. The Bertz CT molecular complexity index is 1310. The summed E-state index contributed by atoms with van der Waals surface area (Å²) in [7, 11) is 2.11. The van der Waals surface area contributed by atoms with Crippen LogP contribution < -0.4 is 10.7 Å². The molecule has 34 heavy (non-hydrogen) atoms. The first-order valence-corrected chi connectivity index (χ1v) is 10.6. The Morgan fingerprint density at radius 2 is 1.68 bits per heavy atom. The Balaban J connectivity index is 1.28. The maximum absolute atomic E-state index is 12.6. The molecule has 0 radical (unpaired) electrons. The van der Waals surface area contributed by atoms with Gasteiger partial charge >= 0.3 is 12.2 Å². The summed E-state index contributed by atoms with van der Waals surface area (Å²) in [6.45, 7) is 4.04. The van der Waals surface area contributed by atoms with Crippen molar-refractivity contribution in [3.05, 3.63) is 64.7 Å². The second-order valence-corrected chi connectivity index (χ2v) is 7.95. The molecule has 0 saturated carbocycles. The summed E-state index contributed by atoms with van der Waals surface area (Å²) in [5, 5.41) is 11.2. The van der Waals surface area contributed by atoms with Crippen LogP contribution in [0.2, 0.25) is 0 Å². The zero-order valence-electron chi connectivity index (χ0n) is 18.3. The molecule has 1 aliphatic rings. The topological polar surface area (TPSA) is 106 Å². The lowest BCUT2D eigenvalue weighted by atomic mass is 10.2. The lowest BCUT2D eigenvalue weighted by Crippen LogP contribution is -2.44. The van der Waals surface area contributed by atoms with Gasteiger partial charge in [-0.15, -0.1) is 15.3 Å². The lowest BCUT2D eigenvalue weighted by Gasteiger charge is -2.34. The minimum absolute atomic E-state index is 0.0599. The van der Waals surface area contributed by atoms with Crippen LogP contribution >= 0.6 is 0 Å². The summed E-state index contributed by atoms with van der Waals surface area (Å²) in [4.78, 5) is 21.1. The highest BCUT2D eigenvalue weighted by Gasteiger charge is 2.18. The van der Waals surface area contributed by atoms with Crippen molar-refractivity contribution in [2.45, 2.75) is 13.0 Å². The smallest absolute Gasteiger partial charge is 0.415 e. The molecule has 1 saturated heterocycles. The van der Waals surface area contributed by atoms with E-state index in [0.717, 1.165) is 31.9 Å². The maximum atomic E-state index is 12.6. The molecule has 0 amide bonds. The van der Waals surface area contributed by atoms with E-state index in [9.17, 15) is 13.6 Å². The predicted molar refractivity (Wildman–Crippen MR) is 117 cm³/mol. The number of pyridine rings is 1. The number of piperazine rings is 1. The zero-order valence-corrected chi connectivity index (χ0v) is 18.3. The molecule has 1 aromatic carbocycles. The van der Waals surface area contributed by atoms with E-state index in [0.29, 0.717) is 16.8 Å². The van der Waals surface area contributed by atoms with Gasteiger partial charge in [-0.2, -0.15) is 13.5 Å². The molecular formula is C22H21F2N7O3. The molecule has 4 aromatic rings. The van der Waals surface area contributed by atoms with Gasteiger partial charge < -0.3 is 18.6 Å². The van der Waals surface area contributed by atoms with Gasteiger partial charge in [0.2, 0.25) is 11.8 Å². The van der Waals surface area contributed by atoms with Crippen molar-refractivity contribution in [3.63, 3.8) is 0 Å². The van der Waals surface area contributed by atoms with Crippen LogP contribution in [0.3, 0.4) is 0 Å². The molecule has 1 aliphatic heterocycles. The Morgan fingerprint density at radius 3 is 2.32 bits per heavy atom. The number of alkyl halides is 2. The largest absolute Gasteiger partial charge is 0.437 e. The van der Waals surface area contributed by atoms with Crippen molar-refractivity contribution < 1.29 is 17.6 Å². The fourth-order valence-corrected chi connectivity index (χ4v) is 3.64. The Hall–Kier alpha value is -3.93. The molecule has 4 heterocycles. The van der Waals surface area contributed by atoms with Crippen LogP contribution in [0, 0.1) is 0 Å². The average molecular weight is 469 g/mol. The number of anilines is 1. The second kappa shape index (κ2) is 9.14. The van der Waals surface area contributed by atoms with Crippen LogP contribution in [0.25, 0.3) is 22.9 Å². The molecule has 0 atom stereocenters. The minimum atomic E-state index is -2.84. The van der Waals surface area contributed by atoms with Crippen LogP contribution in [0.5, 0.6) is 0 Å². The van der Waals surface area contributed by atoms with Gasteiger partial charge in [0, 0.05) is 43.6 Å². The summed E-state index contributed by atoms with van der Waals surface area (Å²) < 4.78 is 36.7. The van der Waals surface area contributed by atoms with Crippen molar-refractivity contribution in [1.29, 1.82) is 0 Å². The van der Waals surface area contributed by atoms with Gasteiger partial charge in [-0.1, -0.05) is 0 Å². The van der Waals surface area contributed by atoms with Gasteiger partial charge in [-0.3, -0.25) is 4.98 Å². The Morgan fingerprint density at radius 1 is 0.941 bits per heavy atom. The molecule has 12 heteroatoms. The highest BCUT2D eigenvalue weighted by molar-refractivity contribution is 5.59. The Labute approximate surface area is 192 Å². The minimum Gasteiger partial charge on any atom is -0.415 e. The van der Waals surface area contributed by atoms with Crippen molar-refractivity contribution >= 4 is 5.69 Å². The number of aromatic nitrogens is 5. The average Bonchev–Trinajstić information content (AvgIpc) is 3.48. The normalized spacial score (nSPS) is 14.8. The fourth-order valence-electron chi connectivity index (χ4n) is 3.64. The van der Waals surface area contributed by atoms with E-state index in [4.69, 9.17) is 8.83 Å². The van der Waals surface area contributed by atoms with E-state index in [1.165, 1.54) is 10.9 Å². The number of hydrogen-bond acceptors (Lipinski definition) is 9. The lowest BCUT2D eigenvalue weighted by molar-refractivity contribution is 0.116. The maximum Gasteiger partial charge on any atom is 0.437 e. The van der Waals surface area contributed by atoms with Gasteiger partial charge in [0.05, 0.1) is 17.8 Å². The van der Waals surface area contributed by atoms with Gasteiger partial charge in [0.25, 0.3) is 5.89 Å². The van der Waals surface area contributed by atoms with E-state index >= 15 is 0 Å². The van der Waals surface area contributed by atoms with Gasteiger partial charge in [-0.25, -0.2) is 4.79 Å². The van der Waals surface area contributed by atoms with Crippen LogP contribution in [-0.4, -0.2) is 63.1 Å². The SMILES string of the molecule is CN1CCN(c2ccc(-c3nn(Cc4ccc(-c5nnc(C(F)F)o5)cn4)c(=O)o3)cc2)CC1. The quantitative estimate of drug-likeness (QED) is 0.421. The van der Waals surface area contributed by atoms with Crippen LogP contribution in [-0.2, 0) is 6.54 Å². The molecule has 0 spiro atoms. The monoisotopic (exact) mass is 469 g/mol. The molecule has 0 bridgehead atoms. The first kappa shape index (κ1) is 21.9. The standard InChI is InChI=1S/C22H21F2N7O3/c1-29-8-10-30(11-9-29)17-6-3-14(4-7-17)20-28-31(22(32)34-20)13-16-5-2-15(12-25-16)19-26-27-21(33-19)18(23)24/h2-7,12,18H,8-11,13H2,1H3. The summed E-state index contributed by atoms with van der Waals surface area (Å²) in [6.07, 6.45) is -1.44. The van der Waals surface area contributed by atoms with Crippen molar-refractivity contribution in [2.24, 2.45) is 0 Å². The molecule has 176 valence electrons. The van der Waals surface area contributed by atoms with E-state index in [1.807, 2.05) is 24.3 Å². The molecule has 3 aromatic heterocycles. The molecule has 0 aliphatic carbocycles. The highest BCUT2D eigenvalue weighted by atomic mass is 19.3. The second-order valence-electron chi connectivity index (χ2n) is 7.95. The van der Waals surface area contributed by atoms with E-state index < -0.39 is 18.1 Å². The number of likely N-dealkylation sites (N-methyl/N-ethyl adjacent to an activating group) is 1. The van der Waals surface area contributed by atoms with Crippen molar-refractivity contribution in [1.82, 2.24) is 29.9 Å². The molecule has 5 rings (SSSR count). The summed E-state index contributed by atoms with van der Waals surface area (Å²) in [5.74, 6) is -1.20. The van der Waals surface area contributed by atoms with Gasteiger partial charge in [0.1, 0.15) is 0 Å². The van der Waals surface area contributed by atoms with Crippen LogP contribution in [0.4, 0.5) is 14.5 Å². The summed E-state index contributed by atoms with van der Waals surface area (Å²) in [6, 6.07) is 11.0. The predicted octanol–water partition coefficient (Wildman–Crippen LogP) is 2.69. The molecule has 10 nitrogen and oxygen atoms in total. The molecule has 0 N–H and O–H groups in total. The van der Waals surface area contributed by atoms with E-state index in [-0.39, 0.29) is 18.3 Å². The number of rotatable bonds is 6. The van der Waals surface area contributed by atoms with Crippen LogP contribution in [0.15, 0.2) is 56.2 Å². The van der Waals surface area contributed by atoms with E-state index in [2.05, 4.69) is 37.1 Å². The molecule has 0 unspecified atom stereocenters. The number of nitrogens with zero attached hydrogens (tertiary/aromatic N) is 7. The molecule has 1 fully saturated rings. The first-order valence-electron chi connectivity index (χ1n) is 10.6. The van der Waals surface area contributed by atoms with E-state index in [1.54, 1.807) is 12.1 Å². The zero-order chi connectivity index (χ0) is 23.7. The van der Waals surface area contributed by atoms with Crippen LogP contribution in [0.1, 0.15) is 18.0 Å². The number of hydrogen-bond donors (Lipinski definition) is 0. The number of halogens is 2. The first-order chi connectivity index (χ1) is 16.5. The number of benzene rings is 1. The van der Waals surface area contributed by atoms with Gasteiger partial charge in [-0.05, 0) is 43.4 Å². The summed E-state index contributed by atoms with van der Waals surface area (Å²) in [5.41, 5.74) is 2.72. The fraction of sp³-hybridized carbons (Fsp3) is 0.318. The summed E-state index contributed by atoms with van der Waals surface area (Å²) >= 11 is 0. The van der Waals surface area contributed by atoms with Gasteiger partial charge in [0.15, 0.2) is 0 Å². The van der Waals surface area contributed by atoms with Crippen molar-refractivity contribution in [3.8, 4) is 22.9 Å². The third-order valence-corrected chi connectivity index (χ3v) is 5.60. The molecular weight excluding hydrogens is 448 g/mol. The third kappa shape index (κ3) is 4.57. The van der Waals surface area contributed by atoms with Crippen molar-refractivity contribution in [2.75, 3.05) is 38.1 Å². The third-order valence-electron chi connectivity index (χ3n) is 5.60. The Kier molecular flexibility index (Phi) is 5.88.